The first kappa shape index (κ1) is 21.8. The fraction of sp³-hybridized carbons (Fsp3) is 0.435. The Morgan fingerprint density at radius 2 is 1.63 bits per heavy atom. The predicted octanol–water partition coefficient (Wildman–Crippen LogP) is 3.76. The van der Waals surface area contributed by atoms with Gasteiger partial charge in [-0.25, -0.2) is 0 Å². The number of hydrogen-bond acceptors (Lipinski definition) is 6. The number of ether oxygens (including phenoxy) is 3. The highest BCUT2D eigenvalue weighted by molar-refractivity contribution is 5.96. The van der Waals surface area contributed by atoms with E-state index in [-0.39, 0.29) is 5.91 Å². The number of hydrogen-bond donors (Lipinski definition) is 2. The van der Waals surface area contributed by atoms with Crippen LogP contribution in [0.4, 0.5) is 17.1 Å². The number of anilines is 3. The van der Waals surface area contributed by atoms with E-state index in [1.54, 1.807) is 0 Å². The second-order valence-electron chi connectivity index (χ2n) is 7.03. The van der Waals surface area contributed by atoms with Crippen molar-refractivity contribution < 1.29 is 19.0 Å². The van der Waals surface area contributed by atoms with E-state index in [1.165, 1.54) is 0 Å². The number of rotatable bonds is 9. The minimum Gasteiger partial charge on any atom is -0.490 e. The number of nitrogens with zero attached hydrogens (tertiary/aromatic N) is 1. The van der Waals surface area contributed by atoms with E-state index >= 15 is 0 Å². The zero-order chi connectivity index (χ0) is 21.3. The molecule has 1 atom stereocenters. The maximum Gasteiger partial charge on any atom is 0.246 e. The quantitative estimate of drug-likeness (QED) is 0.652. The number of nitrogens with one attached hydrogen (secondary N) is 2. The molecule has 1 saturated heterocycles. The minimum atomic E-state index is -0.420. The smallest absolute Gasteiger partial charge is 0.246 e. The van der Waals surface area contributed by atoms with Crippen LogP contribution in [0.3, 0.4) is 0 Å². The molecular formula is C23H31N3O4. The molecule has 0 radical (unpaired) electrons. The van der Waals surface area contributed by atoms with Gasteiger partial charge in [0.1, 0.15) is 6.04 Å². The summed E-state index contributed by atoms with van der Waals surface area (Å²) in [5, 5.41) is 6.19. The fourth-order valence-electron chi connectivity index (χ4n) is 3.28. The monoisotopic (exact) mass is 413 g/mol. The third-order valence-electron chi connectivity index (χ3n) is 4.83. The maximum atomic E-state index is 12.6. The largest absolute Gasteiger partial charge is 0.490 e. The van der Waals surface area contributed by atoms with Crippen LogP contribution in [0.15, 0.2) is 42.5 Å². The van der Waals surface area contributed by atoms with Gasteiger partial charge in [0.15, 0.2) is 11.5 Å². The van der Waals surface area contributed by atoms with Crippen LogP contribution in [0.25, 0.3) is 0 Å². The van der Waals surface area contributed by atoms with Crippen LogP contribution in [0.2, 0.25) is 0 Å². The zero-order valence-corrected chi connectivity index (χ0v) is 17.9. The van der Waals surface area contributed by atoms with Gasteiger partial charge in [0.25, 0.3) is 0 Å². The third kappa shape index (κ3) is 5.79. The van der Waals surface area contributed by atoms with Crippen molar-refractivity contribution in [2.45, 2.75) is 26.8 Å². The van der Waals surface area contributed by atoms with Crippen LogP contribution in [0.1, 0.15) is 20.8 Å². The van der Waals surface area contributed by atoms with Crippen LogP contribution >= 0.6 is 0 Å². The predicted molar refractivity (Wildman–Crippen MR) is 120 cm³/mol. The molecule has 7 heteroatoms. The van der Waals surface area contributed by atoms with Gasteiger partial charge >= 0.3 is 0 Å². The summed E-state index contributed by atoms with van der Waals surface area (Å²) in [6.45, 7) is 10.1. The van der Waals surface area contributed by atoms with Gasteiger partial charge in [-0.3, -0.25) is 4.79 Å². The van der Waals surface area contributed by atoms with E-state index in [0.29, 0.717) is 24.7 Å². The summed E-state index contributed by atoms with van der Waals surface area (Å²) in [5.74, 6) is 1.25. The average Bonchev–Trinajstić information content (AvgIpc) is 2.77. The first-order valence-corrected chi connectivity index (χ1v) is 10.5. The van der Waals surface area contributed by atoms with Crippen molar-refractivity contribution in [3.8, 4) is 11.5 Å². The lowest BCUT2D eigenvalue weighted by Gasteiger charge is -2.29. The van der Waals surface area contributed by atoms with Gasteiger partial charge in [0, 0.05) is 36.2 Å². The van der Waals surface area contributed by atoms with Crippen molar-refractivity contribution >= 4 is 23.0 Å². The highest BCUT2D eigenvalue weighted by Gasteiger charge is 2.15. The molecular weight excluding hydrogens is 382 g/mol. The Morgan fingerprint density at radius 3 is 2.30 bits per heavy atom. The fourth-order valence-corrected chi connectivity index (χ4v) is 3.28. The van der Waals surface area contributed by atoms with E-state index in [2.05, 4.69) is 15.5 Å². The first-order chi connectivity index (χ1) is 14.6. The lowest BCUT2D eigenvalue weighted by Crippen LogP contribution is -2.36. The molecule has 2 N–H and O–H groups in total. The lowest BCUT2D eigenvalue weighted by atomic mass is 10.2. The highest BCUT2D eigenvalue weighted by atomic mass is 16.5. The summed E-state index contributed by atoms with van der Waals surface area (Å²) in [7, 11) is 0. The Bertz CT molecular complexity index is 820. The van der Waals surface area contributed by atoms with Gasteiger partial charge in [0.05, 0.1) is 26.4 Å². The number of morpholine rings is 1. The Hall–Kier alpha value is -2.93. The van der Waals surface area contributed by atoms with E-state index in [0.717, 1.165) is 43.4 Å². The maximum absolute atomic E-state index is 12.6. The molecule has 7 nitrogen and oxygen atoms in total. The summed E-state index contributed by atoms with van der Waals surface area (Å²) in [5.41, 5.74) is 2.71. The summed E-state index contributed by atoms with van der Waals surface area (Å²) in [4.78, 5) is 14.9. The molecule has 1 heterocycles. The van der Waals surface area contributed by atoms with Gasteiger partial charge in [0.2, 0.25) is 5.91 Å². The molecule has 0 aromatic heterocycles. The van der Waals surface area contributed by atoms with E-state index in [9.17, 15) is 4.79 Å². The number of carbonyl (C=O) groups is 1. The van der Waals surface area contributed by atoms with E-state index in [4.69, 9.17) is 14.2 Å². The second-order valence-corrected chi connectivity index (χ2v) is 7.03. The van der Waals surface area contributed by atoms with Gasteiger partial charge in [-0.05, 0) is 57.2 Å². The summed E-state index contributed by atoms with van der Waals surface area (Å²) >= 11 is 0. The third-order valence-corrected chi connectivity index (χ3v) is 4.83. The van der Waals surface area contributed by atoms with E-state index < -0.39 is 6.04 Å². The molecule has 2 aromatic rings. The van der Waals surface area contributed by atoms with Crippen LogP contribution < -0.4 is 25.0 Å². The zero-order valence-electron chi connectivity index (χ0n) is 17.9. The average molecular weight is 414 g/mol. The van der Waals surface area contributed by atoms with Crippen molar-refractivity contribution in [1.29, 1.82) is 0 Å². The molecule has 1 aliphatic heterocycles. The molecule has 1 fully saturated rings. The summed E-state index contributed by atoms with van der Waals surface area (Å²) < 4.78 is 16.6. The van der Waals surface area contributed by atoms with Crippen molar-refractivity contribution in [3.05, 3.63) is 42.5 Å². The van der Waals surface area contributed by atoms with Crippen molar-refractivity contribution in [3.63, 3.8) is 0 Å². The summed E-state index contributed by atoms with van der Waals surface area (Å²) in [6.07, 6.45) is 0. The van der Waals surface area contributed by atoms with Crippen LogP contribution in [-0.2, 0) is 9.53 Å². The van der Waals surface area contributed by atoms with Crippen molar-refractivity contribution in [2.75, 3.05) is 55.1 Å². The molecule has 0 spiro atoms. The lowest BCUT2D eigenvalue weighted by molar-refractivity contribution is -0.116. The number of benzene rings is 2. The first-order valence-electron chi connectivity index (χ1n) is 10.5. The van der Waals surface area contributed by atoms with Gasteiger partial charge in [-0.15, -0.1) is 0 Å². The standard InChI is InChI=1S/C23H31N3O4/c1-4-29-21-11-8-19(16-22(21)30-5-2)24-17(3)23(27)25-18-6-9-20(10-7-18)26-12-14-28-15-13-26/h6-11,16-17,24H,4-5,12-15H2,1-3H3,(H,25,27)/t17-/m0/s1. The Morgan fingerprint density at radius 1 is 1.00 bits per heavy atom. The van der Waals surface area contributed by atoms with Crippen molar-refractivity contribution in [1.82, 2.24) is 0 Å². The molecule has 0 aliphatic carbocycles. The van der Waals surface area contributed by atoms with Crippen molar-refractivity contribution in [2.24, 2.45) is 0 Å². The molecule has 30 heavy (non-hydrogen) atoms. The number of amides is 1. The molecule has 3 rings (SSSR count). The number of carbonyl (C=O) groups excluding carboxylic acids is 1. The summed E-state index contributed by atoms with van der Waals surface area (Å²) in [6, 6.07) is 13.1. The molecule has 0 saturated carbocycles. The van der Waals surface area contributed by atoms with E-state index in [1.807, 2.05) is 63.2 Å². The van der Waals surface area contributed by atoms with Crippen LogP contribution in [-0.4, -0.2) is 51.5 Å². The topological polar surface area (TPSA) is 72.1 Å². The normalized spacial score (nSPS) is 14.7. The molecule has 0 unspecified atom stereocenters. The molecule has 0 bridgehead atoms. The van der Waals surface area contributed by atoms with Gasteiger partial charge in [-0.1, -0.05) is 0 Å². The Kier molecular flexibility index (Phi) is 7.79. The van der Waals surface area contributed by atoms with Gasteiger partial charge in [-0.2, -0.15) is 0 Å². The second kappa shape index (κ2) is 10.7. The Balaban J connectivity index is 1.58. The minimum absolute atomic E-state index is 0.110. The molecule has 1 amide bonds. The van der Waals surface area contributed by atoms with Crippen LogP contribution in [0, 0.1) is 0 Å². The van der Waals surface area contributed by atoms with Crippen LogP contribution in [0.5, 0.6) is 11.5 Å². The molecule has 1 aliphatic rings. The van der Waals surface area contributed by atoms with Gasteiger partial charge < -0.3 is 29.7 Å². The molecule has 2 aromatic carbocycles. The SMILES string of the molecule is CCOc1ccc(N[C@@H](C)C(=O)Nc2ccc(N3CCOCC3)cc2)cc1OCC. The highest BCUT2D eigenvalue weighted by Crippen LogP contribution is 2.31. The Labute approximate surface area is 178 Å². The molecule has 162 valence electrons.